The first-order valence-corrected chi connectivity index (χ1v) is 7.05. The van der Waals surface area contributed by atoms with Crippen molar-refractivity contribution in [2.24, 2.45) is 0 Å². The Kier molecular flexibility index (Phi) is 4.26. The first-order chi connectivity index (χ1) is 7.67. The Morgan fingerprint density at radius 1 is 1.00 bits per heavy atom. The first-order valence-electron chi connectivity index (χ1n) is 7.05. The topological polar surface area (TPSA) is 12.5 Å². The molecule has 2 nitrogen and oxygen atoms in total. The van der Waals surface area contributed by atoms with Gasteiger partial charge in [-0.1, -0.05) is 32.1 Å². The molecule has 0 N–H and O–H groups in total. The standard InChI is InChI=1S/C14H27NO/c1-14(2)12-15(10-11-16-14)13-8-6-4-3-5-7-9-13/h13H,3-12H2,1-2H3. The van der Waals surface area contributed by atoms with Gasteiger partial charge < -0.3 is 4.74 Å². The Balaban J connectivity index is 1.88. The summed E-state index contributed by atoms with van der Waals surface area (Å²) in [5, 5.41) is 0. The predicted molar refractivity (Wildman–Crippen MR) is 67.7 cm³/mol. The molecule has 2 rings (SSSR count). The molecule has 2 fully saturated rings. The summed E-state index contributed by atoms with van der Waals surface area (Å²) in [7, 11) is 0. The van der Waals surface area contributed by atoms with Crippen molar-refractivity contribution < 1.29 is 4.74 Å². The molecule has 1 saturated carbocycles. The van der Waals surface area contributed by atoms with Crippen LogP contribution in [0.1, 0.15) is 58.8 Å². The van der Waals surface area contributed by atoms with Gasteiger partial charge in [0.15, 0.2) is 0 Å². The summed E-state index contributed by atoms with van der Waals surface area (Å²) in [4.78, 5) is 2.69. The predicted octanol–water partition coefficient (Wildman–Crippen LogP) is 3.21. The molecule has 2 aliphatic rings. The number of hydrogen-bond donors (Lipinski definition) is 0. The Bertz CT molecular complexity index is 207. The van der Waals surface area contributed by atoms with E-state index in [-0.39, 0.29) is 5.60 Å². The molecular weight excluding hydrogens is 198 g/mol. The maximum Gasteiger partial charge on any atom is 0.0753 e. The van der Waals surface area contributed by atoms with Crippen LogP contribution in [0.25, 0.3) is 0 Å². The van der Waals surface area contributed by atoms with E-state index in [1.165, 1.54) is 44.9 Å². The van der Waals surface area contributed by atoms with Gasteiger partial charge in [0.1, 0.15) is 0 Å². The molecule has 0 spiro atoms. The van der Waals surface area contributed by atoms with Gasteiger partial charge in [-0.2, -0.15) is 0 Å². The fraction of sp³-hybridized carbons (Fsp3) is 1.00. The van der Waals surface area contributed by atoms with E-state index in [1.807, 2.05) is 0 Å². The second kappa shape index (κ2) is 5.50. The van der Waals surface area contributed by atoms with Gasteiger partial charge in [-0.15, -0.1) is 0 Å². The Morgan fingerprint density at radius 3 is 2.25 bits per heavy atom. The summed E-state index contributed by atoms with van der Waals surface area (Å²) in [6.07, 6.45) is 10.0. The average Bonchev–Trinajstić information content (AvgIpc) is 2.15. The van der Waals surface area contributed by atoms with Crippen LogP contribution in [0, 0.1) is 0 Å². The van der Waals surface area contributed by atoms with Gasteiger partial charge in [0.2, 0.25) is 0 Å². The normalized spacial score (nSPS) is 29.6. The van der Waals surface area contributed by atoms with E-state index in [4.69, 9.17) is 4.74 Å². The van der Waals surface area contributed by atoms with E-state index < -0.39 is 0 Å². The van der Waals surface area contributed by atoms with Gasteiger partial charge in [-0.25, -0.2) is 0 Å². The third-order valence-corrected chi connectivity index (χ3v) is 4.05. The summed E-state index contributed by atoms with van der Waals surface area (Å²) in [5.74, 6) is 0. The fourth-order valence-corrected chi connectivity index (χ4v) is 3.16. The van der Waals surface area contributed by atoms with Crippen molar-refractivity contribution in [3.05, 3.63) is 0 Å². The third-order valence-electron chi connectivity index (χ3n) is 4.05. The summed E-state index contributed by atoms with van der Waals surface area (Å²) in [5.41, 5.74) is 0.0701. The highest BCUT2D eigenvalue weighted by Gasteiger charge is 2.30. The summed E-state index contributed by atoms with van der Waals surface area (Å²) >= 11 is 0. The summed E-state index contributed by atoms with van der Waals surface area (Å²) < 4.78 is 5.80. The minimum Gasteiger partial charge on any atom is -0.373 e. The molecule has 0 atom stereocenters. The third kappa shape index (κ3) is 3.46. The van der Waals surface area contributed by atoms with Crippen LogP contribution in [-0.2, 0) is 4.74 Å². The van der Waals surface area contributed by atoms with Gasteiger partial charge >= 0.3 is 0 Å². The highest BCUT2D eigenvalue weighted by molar-refractivity contribution is 4.84. The molecule has 0 aromatic heterocycles. The molecule has 0 bridgehead atoms. The van der Waals surface area contributed by atoms with Crippen molar-refractivity contribution in [2.75, 3.05) is 19.7 Å². The lowest BCUT2D eigenvalue weighted by atomic mass is 9.94. The number of hydrogen-bond acceptors (Lipinski definition) is 2. The van der Waals surface area contributed by atoms with Crippen LogP contribution >= 0.6 is 0 Å². The molecule has 1 aliphatic heterocycles. The van der Waals surface area contributed by atoms with E-state index in [0.717, 1.165) is 25.7 Å². The van der Waals surface area contributed by atoms with Crippen molar-refractivity contribution in [1.82, 2.24) is 4.90 Å². The smallest absolute Gasteiger partial charge is 0.0753 e. The quantitative estimate of drug-likeness (QED) is 0.679. The van der Waals surface area contributed by atoms with Crippen molar-refractivity contribution in [3.8, 4) is 0 Å². The summed E-state index contributed by atoms with van der Waals surface area (Å²) in [6.45, 7) is 7.64. The Labute approximate surface area is 100 Å². The zero-order valence-corrected chi connectivity index (χ0v) is 11.0. The number of ether oxygens (including phenoxy) is 1. The Hall–Kier alpha value is -0.0800. The molecule has 0 aromatic rings. The largest absolute Gasteiger partial charge is 0.373 e. The van der Waals surface area contributed by atoms with Gasteiger partial charge in [0, 0.05) is 19.1 Å². The molecule has 1 saturated heterocycles. The van der Waals surface area contributed by atoms with E-state index in [0.29, 0.717) is 0 Å². The SMILES string of the molecule is CC1(C)CN(C2CCCCCCC2)CCO1. The first kappa shape index (κ1) is 12.4. The van der Waals surface area contributed by atoms with Crippen molar-refractivity contribution >= 4 is 0 Å². The number of morpholine rings is 1. The fourth-order valence-electron chi connectivity index (χ4n) is 3.16. The average molecular weight is 225 g/mol. The number of nitrogens with zero attached hydrogens (tertiary/aromatic N) is 1. The molecule has 0 aromatic carbocycles. The van der Waals surface area contributed by atoms with E-state index in [1.54, 1.807) is 0 Å². The van der Waals surface area contributed by atoms with Crippen LogP contribution < -0.4 is 0 Å². The second-order valence-electron chi connectivity index (χ2n) is 6.08. The van der Waals surface area contributed by atoms with Gasteiger partial charge in [0.05, 0.1) is 12.2 Å². The maximum absolute atomic E-state index is 5.80. The second-order valence-corrected chi connectivity index (χ2v) is 6.08. The van der Waals surface area contributed by atoms with Gasteiger partial charge in [-0.3, -0.25) is 4.90 Å². The van der Waals surface area contributed by atoms with Crippen LogP contribution in [0.4, 0.5) is 0 Å². The highest BCUT2D eigenvalue weighted by atomic mass is 16.5. The zero-order chi connectivity index (χ0) is 11.4. The molecule has 16 heavy (non-hydrogen) atoms. The maximum atomic E-state index is 5.80. The molecule has 0 radical (unpaired) electrons. The van der Waals surface area contributed by atoms with Crippen LogP contribution in [0.15, 0.2) is 0 Å². The van der Waals surface area contributed by atoms with Crippen LogP contribution in [0.2, 0.25) is 0 Å². The molecule has 0 unspecified atom stereocenters. The van der Waals surface area contributed by atoms with E-state index in [2.05, 4.69) is 18.7 Å². The lowest BCUT2D eigenvalue weighted by molar-refractivity contribution is -0.0991. The minimum atomic E-state index is 0.0701. The lowest BCUT2D eigenvalue weighted by Gasteiger charge is -2.42. The lowest BCUT2D eigenvalue weighted by Crippen LogP contribution is -2.52. The Morgan fingerprint density at radius 2 is 1.62 bits per heavy atom. The van der Waals surface area contributed by atoms with E-state index in [9.17, 15) is 0 Å². The van der Waals surface area contributed by atoms with Crippen molar-refractivity contribution in [3.63, 3.8) is 0 Å². The molecule has 1 aliphatic carbocycles. The summed E-state index contributed by atoms with van der Waals surface area (Å²) in [6, 6.07) is 0.837. The molecule has 94 valence electrons. The van der Waals surface area contributed by atoms with Crippen LogP contribution in [0.3, 0.4) is 0 Å². The van der Waals surface area contributed by atoms with Gasteiger partial charge in [-0.05, 0) is 26.7 Å². The monoisotopic (exact) mass is 225 g/mol. The minimum absolute atomic E-state index is 0.0701. The van der Waals surface area contributed by atoms with Crippen LogP contribution in [-0.4, -0.2) is 36.2 Å². The van der Waals surface area contributed by atoms with E-state index >= 15 is 0 Å². The number of rotatable bonds is 1. The molecule has 2 heteroatoms. The van der Waals surface area contributed by atoms with Crippen LogP contribution in [0.5, 0.6) is 0 Å². The molecular formula is C14H27NO. The van der Waals surface area contributed by atoms with Crippen molar-refractivity contribution in [1.29, 1.82) is 0 Å². The molecule has 1 heterocycles. The van der Waals surface area contributed by atoms with Gasteiger partial charge in [0.25, 0.3) is 0 Å². The zero-order valence-electron chi connectivity index (χ0n) is 11.0. The molecule has 0 amide bonds. The highest BCUT2D eigenvalue weighted by Crippen LogP contribution is 2.25. The van der Waals surface area contributed by atoms with Crippen molar-refractivity contribution in [2.45, 2.75) is 70.4 Å².